The molecule has 1 amide bonds. The molecule has 0 heterocycles. The molecule has 0 saturated heterocycles. The van der Waals surface area contributed by atoms with Gasteiger partial charge in [0.2, 0.25) is 5.91 Å². The molecule has 0 spiro atoms. The molecule has 0 unspecified atom stereocenters. The van der Waals surface area contributed by atoms with Gasteiger partial charge >= 0.3 is 5.97 Å². The second kappa shape index (κ2) is 8.94. The van der Waals surface area contributed by atoms with E-state index in [0.717, 1.165) is 12.3 Å². The summed E-state index contributed by atoms with van der Waals surface area (Å²) in [6.45, 7) is 4.02. The minimum Gasteiger partial charge on any atom is -0.463 e. The lowest BCUT2D eigenvalue weighted by Gasteiger charge is -2.20. The van der Waals surface area contributed by atoms with Gasteiger partial charge in [-0.15, -0.1) is 0 Å². The summed E-state index contributed by atoms with van der Waals surface area (Å²) in [5.74, 6) is 0.538. The summed E-state index contributed by atoms with van der Waals surface area (Å²) in [4.78, 5) is 22.9. The number of hydrogen-bond donors (Lipinski definition) is 1. The highest BCUT2D eigenvalue weighted by Gasteiger charge is 2.14. The highest BCUT2D eigenvalue weighted by atomic mass is 16.5. The van der Waals surface area contributed by atoms with Crippen LogP contribution in [0.5, 0.6) is 0 Å². The Balaban J connectivity index is 2.02. The topological polar surface area (TPSA) is 55.4 Å². The second-order valence-electron chi connectivity index (χ2n) is 5.68. The Bertz CT molecular complexity index is 283. The van der Waals surface area contributed by atoms with Gasteiger partial charge in [0, 0.05) is 13.0 Å². The molecule has 0 radical (unpaired) electrons. The van der Waals surface area contributed by atoms with Crippen LogP contribution in [0.3, 0.4) is 0 Å². The molecular weight excluding hydrogens is 242 g/mol. The number of nitrogens with one attached hydrogen (secondary N) is 1. The van der Waals surface area contributed by atoms with Gasteiger partial charge < -0.3 is 10.1 Å². The van der Waals surface area contributed by atoms with E-state index in [0.29, 0.717) is 13.0 Å². The van der Waals surface area contributed by atoms with Gasteiger partial charge in [-0.3, -0.25) is 9.59 Å². The van der Waals surface area contributed by atoms with Crippen molar-refractivity contribution < 1.29 is 14.3 Å². The molecule has 1 saturated carbocycles. The first-order valence-electron chi connectivity index (χ1n) is 7.54. The number of rotatable bonds is 7. The third kappa shape index (κ3) is 7.85. The molecule has 0 aromatic rings. The Labute approximate surface area is 116 Å². The quantitative estimate of drug-likeness (QED) is 0.723. The average molecular weight is 269 g/mol. The van der Waals surface area contributed by atoms with Crippen molar-refractivity contribution in [3.05, 3.63) is 0 Å². The van der Waals surface area contributed by atoms with E-state index in [4.69, 9.17) is 4.74 Å². The van der Waals surface area contributed by atoms with Crippen molar-refractivity contribution in [1.82, 2.24) is 5.32 Å². The van der Waals surface area contributed by atoms with Crippen molar-refractivity contribution in [3.8, 4) is 0 Å². The predicted octanol–water partition coefficient (Wildman–Crippen LogP) is 2.80. The molecule has 0 bridgehead atoms. The molecule has 4 heteroatoms. The summed E-state index contributed by atoms with van der Waals surface area (Å²) in [6.07, 6.45) is 8.26. The third-order valence-electron chi connectivity index (χ3n) is 3.52. The zero-order valence-electron chi connectivity index (χ0n) is 12.2. The maximum absolute atomic E-state index is 11.6. The number of amides is 1. The first-order valence-corrected chi connectivity index (χ1v) is 7.54. The predicted molar refractivity (Wildman–Crippen MR) is 74.7 cm³/mol. The van der Waals surface area contributed by atoms with Gasteiger partial charge in [0.1, 0.15) is 0 Å². The van der Waals surface area contributed by atoms with E-state index in [2.05, 4.69) is 5.32 Å². The molecule has 0 aromatic carbocycles. The van der Waals surface area contributed by atoms with Gasteiger partial charge in [0.25, 0.3) is 0 Å². The molecule has 110 valence electrons. The lowest BCUT2D eigenvalue weighted by Crippen LogP contribution is -2.27. The molecule has 1 rings (SSSR count). The van der Waals surface area contributed by atoms with Crippen molar-refractivity contribution in [2.45, 2.75) is 71.3 Å². The van der Waals surface area contributed by atoms with Crippen LogP contribution in [0.4, 0.5) is 0 Å². The zero-order chi connectivity index (χ0) is 14.1. The molecule has 1 aliphatic rings. The Morgan fingerprint density at radius 1 is 1.16 bits per heavy atom. The number of ether oxygens (including phenoxy) is 1. The van der Waals surface area contributed by atoms with Crippen LogP contribution < -0.4 is 5.32 Å². The highest BCUT2D eigenvalue weighted by molar-refractivity contribution is 5.77. The van der Waals surface area contributed by atoms with E-state index in [1.165, 1.54) is 32.1 Å². The zero-order valence-corrected chi connectivity index (χ0v) is 12.2. The summed E-state index contributed by atoms with van der Waals surface area (Å²) < 4.78 is 5.00. The summed E-state index contributed by atoms with van der Waals surface area (Å²) in [5.41, 5.74) is 0. The molecule has 0 aliphatic heterocycles. The SMILES string of the molecule is CC(C)OC(=O)CCNC(=O)CCC1CCCCC1. The van der Waals surface area contributed by atoms with E-state index < -0.39 is 0 Å². The molecular formula is C15H27NO3. The third-order valence-corrected chi connectivity index (χ3v) is 3.52. The molecule has 1 fully saturated rings. The summed E-state index contributed by atoms with van der Waals surface area (Å²) >= 11 is 0. The largest absolute Gasteiger partial charge is 0.463 e. The summed E-state index contributed by atoms with van der Waals surface area (Å²) in [7, 11) is 0. The Kier molecular flexibility index (Phi) is 7.53. The van der Waals surface area contributed by atoms with Crippen LogP contribution in [0, 0.1) is 5.92 Å². The summed E-state index contributed by atoms with van der Waals surface area (Å²) in [6, 6.07) is 0. The van der Waals surface area contributed by atoms with Gasteiger partial charge in [0.05, 0.1) is 12.5 Å². The standard InChI is InChI=1S/C15H27NO3/c1-12(2)19-15(18)10-11-16-14(17)9-8-13-6-4-3-5-7-13/h12-13H,3-11H2,1-2H3,(H,16,17). The van der Waals surface area contributed by atoms with E-state index >= 15 is 0 Å². The first kappa shape index (κ1) is 16.0. The molecule has 0 atom stereocenters. The van der Waals surface area contributed by atoms with Gasteiger partial charge in [-0.1, -0.05) is 32.1 Å². The monoisotopic (exact) mass is 269 g/mol. The lowest BCUT2D eigenvalue weighted by atomic mass is 9.86. The van der Waals surface area contributed by atoms with Crippen LogP contribution >= 0.6 is 0 Å². The van der Waals surface area contributed by atoms with E-state index in [9.17, 15) is 9.59 Å². The van der Waals surface area contributed by atoms with Gasteiger partial charge in [-0.05, 0) is 26.2 Å². The van der Waals surface area contributed by atoms with E-state index in [1.807, 2.05) is 13.8 Å². The molecule has 19 heavy (non-hydrogen) atoms. The van der Waals surface area contributed by atoms with E-state index in [-0.39, 0.29) is 24.4 Å². The van der Waals surface area contributed by atoms with Crippen LogP contribution in [0.25, 0.3) is 0 Å². The van der Waals surface area contributed by atoms with Gasteiger partial charge in [0.15, 0.2) is 0 Å². The normalized spacial score (nSPS) is 16.4. The number of hydrogen-bond acceptors (Lipinski definition) is 3. The maximum atomic E-state index is 11.6. The molecule has 1 N–H and O–H groups in total. The van der Waals surface area contributed by atoms with E-state index in [1.54, 1.807) is 0 Å². The van der Waals surface area contributed by atoms with Crippen molar-refractivity contribution in [3.63, 3.8) is 0 Å². The Hall–Kier alpha value is -1.06. The molecule has 1 aliphatic carbocycles. The fourth-order valence-corrected chi connectivity index (χ4v) is 2.53. The van der Waals surface area contributed by atoms with Crippen LogP contribution in [0.15, 0.2) is 0 Å². The Morgan fingerprint density at radius 2 is 1.84 bits per heavy atom. The number of carbonyl (C=O) groups is 2. The lowest BCUT2D eigenvalue weighted by molar-refractivity contribution is -0.147. The maximum Gasteiger partial charge on any atom is 0.307 e. The molecule has 4 nitrogen and oxygen atoms in total. The van der Waals surface area contributed by atoms with Gasteiger partial charge in [-0.25, -0.2) is 0 Å². The minimum atomic E-state index is -0.248. The Morgan fingerprint density at radius 3 is 2.47 bits per heavy atom. The first-order chi connectivity index (χ1) is 9.08. The summed E-state index contributed by atoms with van der Waals surface area (Å²) in [5, 5.41) is 2.79. The minimum absolute atomic E-state index is 0.0583. The van der Waals surface area contributed by atoms with Crippen molar-refractivity contribution in [1.29, 1.82) is 0 Å². The highest BCUT2D eigenvalue weighted by Crippen LogP contribution is 2.27. The van der Waals surface area contributed by atoms with Gasteiger partial charge in [-0.2, -0.15) is 0 Å². The van der Waals surface area contributed by atoms with Crippen LogP contribution in [0.1, 0.15) is 65.2 Å². The van der Waals surface area contributed by atoms with Crippen molar-refractivity contribution >= 4 is 11.9 Å². The average Bonchev–Trinajstić information content (AvgIpc) is 2.36. The van der Waals surface area contributed by atoms with Crippen LogP contribution in [0.2, 0.25) is 0 Å². The fraction of sp³-hybridized carbons (Fsp3) is 0.867. The van der Waals surface area contributed by atoms with Crippen LogP contribution in [-0.2, 0) is 14.3 Å². The molecule has 0 aromatic heterocycles. The smallest absolute Gasteiger partial charge is 0.307 e. The van der Waals surface area contributed by atoms with Crippen molar-refractivity contribution in [2.24, 2.45) is 5.92 Å². The van der Waals surface area contributed by atoms with Crippen LogP contribution in [-0.4, -0.2) is 24.5 Å². The fourth-order valence-electron chi connectivity index (χ4n) is 2.53. The van der Waals surface area contributed by atoms with Crippen molar-refractivity contribution in [2.75, 3.05) is 6.54 Å². The second-order valence-corrected chi connectivity index (χ2v) is 5.68. The number of carbonyl (C=O) groups excluding carboxylic acids is 2. The number of esters is 1.